The molecule has 1 fully saturated rings. The van der Waals surface area contributed by atoms with Gasteiger partial charge in [-0.25, -0.2) is 4.39 Å². The maximum Gasteiger partial charge on any atom is 0.131 e. The molecule has 2 aromatic rings. The Morgan fingerprint density at radius 2 is 2.10 bits per heavy atom. The lowest BCUT2D eigenvalue weighted by Crippen LogP contribution is -2.29. The first-order chi connectivity index (χ1) is 10.2. The van der Waals surface area contributed by atoms with Gasteiger partial charge >= 0.3 is 0 Å². The molecule has 2 atom stereocenters. The van der Waals surface area contributed by atoms with Gasteiger partial charge in [-0.05, 0) is 18.2 Å². The van der Waals surface area contributed by atoms with Gasteiger partial charge in [0.1, 0.15) is 5.82 Å². The van der Waals surface area contributed by atoms with Crippen molar-refractivity contribution in [3.63, 3.8) is 0 Å². The van der Waals surface area contributed by atoms with Crippen LogP contribution in [0, 0.1) is 11.7 Å². The number of halogens is 1. The molecule has 1 aromatic carbocycles. The Bertz CT molecular complexity index is 601. The average molecular weight is 306 g/mol. The summed E-state index contributed by atoms with van der Waals surface area (Å²) in [6, 6.07) is 10.8. The molecule has 1 saturated heterocycles. The number of hydrogen-bond donors (Lipinski definition) is 3. The molecule has 0 bridgehead atoms. The smallest absolute Gasteiger partial charge is 0.131 e. The molecule has 2 heterocycles. The fraction of sp³-hybridized carbons (Fsp3) is 0.375. The van der Waals surface area contributed by atoms with Crippen LogP contribution in [0.4, 0.5) is 4.39 Å². The predicted molar refractivity (Wildman–Crippen MR) is 83.8 cm³/mol. The number of β-amino-alcohol motifs (C(OH)–C–C–N with tert-alkyl or cyclic N) is 1. The molecule has 0 spiro atoms. The normalized spacial score (nSPS) is 21.8. The van der Waals surface area contributed by atoms with E-state index in [1.165, 1.54) is 10.9 Å². The first-order valence-electron chi connectivity index (χ1n) is 7.17. The highest BCUT2D eigenvalue weighted by atomic mass is 32.1. The number of rotatable bonds is 5. The van der Waals surface area contributed by atoms with Crippen LogP contribution in [0.3, 0.4) is 0 Å². The van der Waals surface area contributed by atoms with Crippen molar-refractivity contribution in [3.05, 3.63) is 47.1 Å². The van der Waals surface area contributed by atoms with Gasteiger partial charge in [-0.2, -0.15) is 0 Å². The summed E-state index contributed by atoms with van der Waals surface area (Å²) >= 11 is 1.60. The Morgan fingerprint density at radius 3 is 2.86 bits per heavy atom. The zero-order valence-corrected chi connectivity index (χ0v) is 12.5. The molecule has 1 aromatic heterocycles. The molecule has 3 N–H and O–H groups in total. The Kier molecular flexibility index (Phi) is 4.65. The van der Waals surface area contributed by atoms with E-state index in [-0.39, 0.29) is 17.8 Å². The van der Waals surface area contributed by atoms with Crippen LogP contribution in [-0.4, -0.2) is 30.8 Å². The van der Waals surface area contributed by atoms with Gasteiger partial charge in [0.15, 0.2) is 0 Å². The van der Waals surface area contributed by atoms with Gasteiger partial charge in [-0.1, -0.05) is 18.2 Å². The minimum absolute atomic E-state index is 0.181. The van der Waals surface area contributed by atoms with Crippen LogP contribution < -0.4 is 10.6 Å². The molecule has 1 aliphatic heterocycles. The summed E-state index contributed by atoms with van der Waals surface area (Å²) in [5.41, 5.74) is 0.657. The summed E-state index contributed by atoms with van der Waals surface area (Å²) in [6.45, 7) is 3.09. The molecule has 1 aliphatic rings. The zero-order valence-electron chi connectivity index (χ0n) is 11.7. The summed E-state index contributed by atoms with van der Waals surface area (Å²) in [5.74, 6) is 0.0926. The predicted octanol–water partition coefficient (Wildman–Crippen LogP) is 2.22. The maximum atomic E-state index is 13.7. The highest BCUT2D eigenvalue weighted by Crippen LogP contribution is 2.29. The second-order valence-electron chi connectivity index (χ2n) is 5.36. The van der Waals surface area contributed by atoms with Gasteiger partial charge in [0.25, 0.3) is 0 Å². The largest absolute Gasteiger partial charge is 0.391 e. The van der Waals surface area contributed by atoms with Crippen molar-refractivity contribution in [1.29, 1.82) is 0 Å². The van der Waals surface area contributed by atoms with Gasteiger partial charge in [0.2, 0.25) is 0 Å². The van der Waals surface area contributed by atoms with Gasteiger partial charge in [0.05, 0.1) is 6.10 Å². The third-order valence-corrected chi connectivity index (χ3v) is 4.93. The first kappa shape index (κ1) is 14.7. The molecular formula is C16H19FN2OS. The summed E-state index contributed by atoms with van der Waals surface area (Å²) in [4.78, 5) is 2.13. The molecule has 0 radical (unpaired) electrons. The summed E-state index contributed by atoms with van der Waals surface area (Å²) in [5, 5.41) is 16.3. The monoisotopic (exact) mass is 306 g/mol. The molecule has 5 heteroatoms. The highest BCUT2D eigenvalue weighted by molar-refractivity contribution is 7.15. The van der Waals surface area contributed by atoms with Crippen molar-refractivity contribution in [2.24, 2.45) is 5.92 Å². The second kappa shape index (κ2) is 6.66. The zero-order chi connectivity index (χ0) is 14.7. The molecule has 0 aliphatic carbocycles. The van der Waals surface area contributed by atoms with E-state index in [4.69, 9.17) is 0 Å². The number of thiophene rings is 1. The topological polar surface area (TPSA) is 44.3 Å². The van der Waals surface area contributed by atoms with Crippen LogP contribution in [0.1, 0.15) is 4.88 Å². The second-order valence-corrected chi connectivity index (χ2v) is 6.53. The Balaban J connectivity index is 1.57. The van der Waals surface area contributed by atoms with E-state index in [0.717, 1.165) is 24.5 Å². The number of aliphatic hydroxyl groups excluding tert-OH is 1. The van der Waals surface area contributed by atoms with Gasteiger partial charge < -0.3 is 15.7 Å². The molecule has 3 nitrogen and oxygen atoms in total. The third-order valence-electron chi connectivity index (χ3n) is 3.81. The minimum atomic E-state index is -0.255. The average Bonchev–Trinajstić information content (AvgIpc) is 3.10. The van der Waals surface area contributed by atoms with Crippen molar-refractivity contribution in [2.75, 3.05) is 19.6 Å². The quantitative estimate of drug-likeness (QED) is 0.794. The van der Waals surface area contributed by atoms with Crippen molar-refractivity contribution in [1.82, 2.24) is 10.6 Å². The van der Waals surface area contributed by atoms with E-state index in [1.807, 2.05) is 18.2 Å². The lowest BCUT2D eigenvalue weighted by atomic mass is 10.1. The first-order valence-corrected chi connectivity index (χ1v) is 7.99. The maximum absolute atomic E-state index is 13.7. The molecule has 21 heavy (non-hydrogen) atoms. The van der Waals surface area contributed by atoms with Gasteiger partial charge in [0, 0.05) is 47.4 Å². The van der Waals surface area contributed by atoms with Gasteiger partial charge in [-0.3, -0.25) is 0 Å². The van der Waals surface area contributed by atoms with E-state index in [2.05, 4.69) is 10.6 Å². The van der Waals surface area contributed by atoms with Gasteiger partial charge in [-0.15, -0.1) is 11.3 Å². The number of hydrogen-bond acceptors (Lipinski definition) is 4. The summed E-state index contributed by atoms with van der Waals surface area (Å²) in [6.07, 6.45) is -0.255. The molecule has 3 rings (SSSR count). The van der Waals surface area contributed by atoms with Crippen LogP contribution in [0.2, 0.25) is 0 Å². The van der Waals surface area contributed by atoms with Crippen molar-refractivity contribution >= 4 is 11.3 Å². The molecular weight excluding hydrogens is 287 g/mol. The third kappa shape index (κ3) is 3.49. The van der Waals surface area contributed by atoms with E-state index >= 15 is 0 Å². The standard InChI is InChI=1S/C16H19FN2OS/c17-14-4-2-1-3-13(14)16-6-5-12(21-16)9-18-7-11-8-19-10-15(11)20/h1-6,11,15,18-20H,7-10H2. The van der Waals surface area contributed by atoms with E-state index < -0.39 is 0 Å². The Morgan fingerprint density at radius 1 is 1.24 bits per heavy atom. The number of nitrogens with one attached hydrogen (secondary N) is 2. The molecule has 0 saturated carbocycles. The molecule has 2 unspecified atom stereocenters. The number of aliphatic hydroxyl groups is 1. The van der Waals surface area contributed by atoms with Crippen molar-refractivity contribution in [2.45, 2.75) is 12.6 Å². The van der Waals surface area contributed by atoms with Crippen LogP contribution in [0.15, 0.2) is 36.4 Å². The summed E-state index contributed by atoms with van der Waals surface area (Å²) in [7, 11) is 0. The van der Waals surface area contributed by atoms with Crippen LogP contribution in [-0.2, 0) is 6.54 Å². The lowest BCUT2D eigenvalue weighted by Gasteiger charge is -2.13. The van der Waals surface area contributed by atoms with Crippen molar-refractivity contribution < 1.29 is 9.50 Å². The van der Waals surface area contributed by atoms with E-state index in [9.17, 15) is 9.50 Å². The Labute approximate surface area is 127 Å². The highest BCUT2D eigenvalue weighted by Gasteiger charge is 2.24. The lowest BCUT2D eigenvalue weighted by molar-refractivity contribution is 0.146. The fourth-order valence-electron chi connectivity index (χ4n) is 2.59. The fourth-order valence-corrected chi connectivity index (χ4v) is 3.59. The van der Waals surface area contributed by atoms with E-state index in [0.29, 0.717) is 12.1 Å². The van der Waals surface area contributed by atoms with Crippen LogP contribution in [0.5, 0.6) is 0 Å². The minimum Gasteiger partial charge on any atom is -0.391 e. The summed E-state index contributed by atoms with van der Waals surface area (Å²) < 4.78 is 13.7. The number of benzene rings is 1. The molecule has 0 amide bonds. The SMILES string of the molecule is OC1CNCC1CNCc1ccc(-c2ccccc2F)s1. The van der Waals surface area contributed by atoms with E-state index in [1.54, 1.807) is 23.5 Å². The van der Waals surface area contributed by atoms with Crippen molar-refractivity contribution in [3.8, 4) is 10.4 Å². The molecule has 112 valence electrons. The van der Waals surface area contributed by atoms with Crippen LogP contribution in [0.25, 0.3) is 10.4 Å². The van der Waals surface area contributed by atoms with Crippen LogP contribution >= 0.6 is 11.3 Å². The Hall–Kier alpha value is -1.27.